The topological polar surface area (TPSA) is 127 Å². The van der Waals surface area contributed by atoms with Gasteiger partial charge in [0.25, 0.3) is 5.91 Å². The van der Waals surface area contributed by atoms with Crippen LogP contribution < -0.4 is 19.5 Å². The highest BCUT2D eigenvalue weighted by Gasteiger charge is 2.38. The quantitative estimate of drug-likeness (QED) is 0.132. The Hall–Kier alpha value is -6.36. The molecule has 2 aliphatic heterocycles. The summed E-state index contributed by atoms with van der Waals surface area (Å²) < 4.78 is 18.7. The Morgan fingerprint density at radius 1 is 0.852 bits per heavy atom. The van der Waals surface area contributed by atoms with Crippen LogP contribution in [0.5, 0.6) is 17.2 Å². The van der Waals surface area contributed by atoms with Crippen molar-refractivity contribution in [3.8, 4) is 28.4 Å². The zero-order valence-electron chi connectivity index (χ0n) is 33.8. The van der Waals surface area contributed by atoms with Crippen LogP contribution >= 0.6 is 23.2 Å². The minimum absolute atomic E-state index is 0.0548. The Morgan fingerprint density at radius 2 is 1.57 bits per heavy atom. The monoisotopic (exact) mass is 855 g/mol. The molecule has 5 aromatic carbocycles. The zero-order chi connectivity index (χ0) is 42.8. The summed E-state index contributed by atoms with van der Waals surface area (Å²) in [6.07, 6.45) is 1.56. The highest BCUT2D eigenvalue weighted by molar-refractivity contribution is 6.42. The molecule has 0 radical (unpaired) electrons. The highest BCUT2D eigenvalue weighted by atomic mass is 35.5. The van der Waals surface area contributed by atoms with Gasteiger partial charge in [0.1, 0.15) is 31.0 Å². The van der Waals surface area contributed by atoms with Crippen molar-refractivity contribution in [3.05, 3.63) is 176 Å². The van der Waals surface area contributed by atoms with E-state index in [1.165, 1.54) is 4.90 Å². The summed E-state index contributed by atoms with van der Waals surface area (Å²) in [5.74, 6) is -0.357. The fourth-order valence-electron chi connectivity index (χ4n) is 7.68. The third-order valence-corrected chi connectivity index (χ3v) is 12.1. The zero-order valence-corrected chi connectivity index (χ0v) is 35.3. The van der Waals surface area contributed by atoms with E-state index in [0.29, 0.717) is 39.5 Å². The number of carboxylic acids is 1. The van der Waals surface area contributed by atoms with Crippen LogP contribution in [0, 0.1) is 20.8 Å². The van der Waals surface area contributed by atoms with Crippen LogP contribution in [-0.2, 0) is 35.6 Å². The van der Waals surface area contributed by atoms with Crippen molar-refractivity contribution in [2.75, 3.05) is 6.61 Å². The molecule has 310 valence electrons. The molecule has 1 aromatic heterocycles. The van der Waals surface area contributed by atoms with Crippen molar-refractivity contribution in [1.82, 2.24) is 15.2 Å². The number of aromatic nitrogens is 1. The number of fused-ring (bicyclic) bond motifs is 2. The predicted molar refractivity (Wildman–Crippen MR) is 234 cm³/mol. The second-order valence-electron chi connectivity index (χ2n) is 15.5. The molecule has 0 bridgehead atoms. The number of amides is 2. The van der Waals surface area contributed by atoms with Crippen LogP contribution in [-0.4, -0.2) is 51.5 Å². The van der Waals surface area contributed by atoms with E-state index in [-0.39, 0.29) is 31.9 Å². The van der Waals surface area contributed by atoms with Crippen molar-refractivity contribution in [1.29, 1.82) is 0 Å². The molecule has 8 rings (SSSR count). The Kier molecular flexibility index (Phi) is 12.0. The Bertz CT molecular complexity index is 2620. The molecule has 2 amide bonds. The number of ether oxygens (including phenoxy) is 3. The van der Waals surface area contributed by atoms with Gasteiger partial charge in [-0.2, -0.15) is 0 Å². The number of carbonyl (C=O) groups is 3. The number of halogens is 2. The van der Waals surface area contributed by atoms with Crippen LogP contribution in [0.25, 0.3) is 11.1 Å². The molecule has 2 N–H and O–H groups in total. The van der Waals surface area contributed by atoms with Crippen molar-refractivity contribution in [2.24, 2.45) is 0 Å². The predicted octanol–water partition coefficient (Wildman–Crippen LogP) is 9.45. The molecule has 61 heavy (non-hydrogen) atoms. The number of carbonyl (C=O) groups excluding carboxylic acids is 2. The summed E-state index contributed by atoms with van der Waals surface area (Å²) in [5.41, 5.74) is 9.58. The van der Waals surface area contributed by atoms with E-state index in [4.69, 9.17) is 37.4 Å². The van der Waals surface area contributed by atoms with Crippen LogP contribution in [0.2, 0.25) is 10.0 Å². The van der Waals surface area contributed by atoms with E-state index >= 15 is 0 Å². The number of hydrogen-bond acceptors (Lipinski definition) is 7. The van der Waals surface area contributed by atoms with Crippen LogP contribution in [0.4, 0.5) is 0 Å². The highest BCUT2D eigenvalue weighted by Crippen LogP contribution is 2.41. The number of rotatable bonds is 11. The molecule has 3 atom stereocenters. The van der Waals surface area contributed by atoms with Gasteiger partial charge in [-0.05, 0) is 120 Å². The molecule has 0 spiro atoms. The first-order valence-electron chi connectivity index (χ1n) is 19.9. The van der Waals surface area contributed by atoms with E-state index in [2.05, 4.69) is 10.3 Å². The number of nitrogens with one attached hydrogen (secondary N) is 1. The fraction of sp³-hybridized carbons (Fsp3) is 0.224. The molecule has 0 unspecified atom stereocenters. The van der Waals surface area contributed by atoms with Crippen molar-refractivity contribution < 1.29 is 33.7 Å². The van der Waals surface area contributed by atoms with Gasteiger partial charge < -0.3 is 29.5 Å². The number of nitrogens with zero attached hydrogens (tertiary/aromatic N) is 2. The molecule has 0 aliphatic carbocycles. The van der Waals surface area contributed by atoms with Gasteiger partial charge in [0, 0.05) is 36.8 Å². The van der Waals surface area contributed by atoms with Gasteiger partial charge in [0.15, 0.2) is 17.6 Å². The summed E-state index contributed by atoms with van der Waals surface area (Å²) in [6.45, 7) is 6.58. The lowest BCUT2D eigenvalue weighted by molar-refractivity contribution is -0.142. The molecule has 2 aliphatic rings. The maximum absolute atomic E-state index is 14.2. The van der Waals surface area contributed by atoms with E-state index in [9.17, 15) is 19.5 Å². The molecule has 10 nitrogen and oxygen atoms in total. The summed E-state index contributed by atoms with van der Waals surface area (Å²) in [6, 6.07) is 31.2. The number of pyridine rings is 1. The van der Waals surface area contributed by atoms with E-state index in [1.807, 2.05) is 106 Å². The van der Waals surface area contributed by atoms with E-state index in [1.54, 1.807) is 30.5 Å². The fourth-order valence-corrected chi connectivity index (χ4v) is 8.00. The lowest BCUT2D eigenvalue weighted by Gasteiger charge is -2.37. The van der Waals surface area contributed by atoms with Crippen LogP contribution in [0.1, 0.15) is 61.1 Å². The third-order valence-electron chi connectivity index (χ3n) is 11.3. The SMILES string of the molecule is Cc1ccc(C(=O)N2Cc3cc4c(cc3C[C@H]2C(=O)N[C@@H](Cc2ccc(-c3ccnc(C)c3C)cc2)C(=O)O)OC[C@H](c2ccc(OCc3ccc(Cl)c(Cl)c3)cc2)O4)cc1. The molecule has 3 heterocycles. The molecular formula is C49H43Cl2N3O7. The number of hydrogen-bond donors (Lipinski definition) is 2. The van der Waals surface area contributed by atoms with Crippen molar-refractivity contribution >= 4 is 41.0 Å². The van der Waals surface area contributed by atoms with E-state index in [0.717, 1.165) is 55.8 Å². The first-order chi connectivity index (χ1) is 29.4. The lowest BCUT2D eigenvalue weighted by Crippen LogP contribution is -2.56. The smallest absolute Gasteiger partial charge is 0.326 e. The van der Waals surface area contributed by atoms with Gasteiger partial charge in [0.05, 0.1) is 10.0 Å². The first-order valence-corrected chi connectivity index (χ1v) is 20.7. The van der Waals surface area contributed by atoms with Crippen LogP contribution in [0.15, 0.2) is 115 Å². The Balaban J connectivity index is 0.989. The second kappa shape index (κ2) is 17.7. The number of aliphatic carboxylic acids is 1. The van der Waals surface area contributed by atoms with Crippen LogP contribution in [0.3, 0.4) is 0 Å². The summed E-state index contributed by atoms with van der Waals surface area (Å²) in [7, 11) is 0. The summed E-state index contributed by atoms with van der Waals surface area (Å²) in [4.78, 5) is 46.9. The minimum atomic E-state index is -1.23. The Labute approximate surface area is 364 Å². The van der Waals surface area contributed by atoms with E-state index < -0.39 is 30.1 Å². The third kappa shape index (κ3) is 9.21. The lowest BCUT2D eigenvalue weighted by atomic mass is 9.91. The van der Waals surface area contributed by atoms with Gasteiger partial charge in [-0.25, -0.2) is 4.79 Å². The summed E-state index contributed by atoms with van der Waals surface area (Å²) >= 11 is 12.2. The normalized spacial score (nSPS) is 16.0. The molecular weight excluding hydrogens is 813 g/mol. The van der Waals surface area contributed by atoms with Crippen molar-refractivity contribution in [3.63, 3.8) is 0 Å². The minimum Gasteiger partial charge on any atom is -0.489 e. The summed E-state index contributed by atoms with van der Waals surface area (Å²) in [5, 5.41) is 14.0. The van der Waals surface area contributed by atoms with Gasteiger partial charge in [-0.3, -0.25) is 14.6 Å². The molecule has 12 heteroatoms. The number of benzene rings is 5. The first kappa shape index (κ1) is 41.4. The van der Waals surface area contributed by atoms with Gasteiger partial charge in [-0.1, -0.05) is 83.4 Å². The average molecular weight is 857 g/mol. The number of carboxylic acid groups (broad SMARTS) is 1. The standard InChI is InChI=1S/C49H43Cl2N3O7/c1-28-4-9-35(10-5-28)48(56)54-25-37-24-45-44(60-27-46(61-45)34-13-15-38(16-14-34)59-26-32-8-17-40(50)41(51)20-32)23-36(37)22-43(54)47(55)53-42(49(57)58)21-31-6-11-33(12-7-31)39-18-19-52-30(3)29(39)2/h4-20,23-24,42-43,46H,21-22,25-27H2,1-3H3,(H,53,55)(H,57,58)/t42-,43-,46+/m0/s1. The van der Waals surface area contributed by atoms with Gasteiger partial charge >= 0.3 is 5.97 Å². The molecule has 0 fully saturated rings. The van der Waals surface area contributed by atoms with Crippen molar-refractivity contribution in [2.45, 2.75) is 65.0 Å². The molecule has 0 saturated carbocycles. The Morgan fingerprint density at radius 3 is 2.30 bits per heavy atom. The second-order valence-corrected chi connectivity index (χ2v) is 16.3. The molecule has 6 aromatic rings. The maximum atomic E-state index is 14.2. The maximum Gasteiger partial charge on any atom is 0.326 e. The molecule has 0 saturated heterocycles. The average Bonchev–Trinajstić information content (AvgIpc) is 3.26. The number of aryl methyl sites for hydroxylation is 2. The van der Waals surface area contributed by atoms with Gasteiger partial charge in [-0.15, -0.1) is 0 Å². The largest absolute Gasteiger partial charge is 0.489 e. The van der Waals surface area contributed by atoms with Gasteiger partial charge in [0.2, 0.25) is 5.91 Å².